The van der Waals surface area contributed by atoms with Gasteiger partial charge in [0.15, 0.2) is 5.82 Å². The number of hydrogen-bond donors (Lipinski definition) is 0. The van der Waals surface area contributed by atoms with E-state index in [1.807, 2.05) is 0 Å². The Morgan fingerprint density at radius 1 is 1.55 bits per heavy atom. The van der Waals surface area contributed by atoms with Gasteiger partial charge in [0, 0.05) is 19.3 Å². The number of hydrogen-bond acceptors (Lipinski definition) is 2. The standard InChI is InChI=1S/C7H6F2N2/c1-10-4-7-6(9)2-5(8)3-11-7/h2-4H,1H3. The van der Waals surface area contributed by atoms with Crippen LogP contribution in [0.3, 0.4) is 0 Å². The summed E-state index contributed by atoms with van der Waals surface area (Å²) in [5.74, 6) is -1.38. The van der Waals surface area contributed by atoms with Gasteiger partial charge in [-0.15, -0.1) is 0 Å². The molecule has 0 aliphatic carbocycles. The molecule has 2 nitrogen and oxygen atoms in total. The zero-order chi connectivity index (χ0) is 8.27. The molecular formula is C7H6F2N2. The summed E-state index contributed by atoms with van der Waals surface area (Å²) in [5, 5.41) is 0. The summed E-state index contributed by atoms with van der Waals surface area (Å²) < 4.78 is 24.9. The van der Waals surface area contributed by atoms with Crippen molar-refractivity contribution < 1.29 is 8.78 Å². The van der Waals surface area contributed by atoms with Crippen LogP contribution in [0.4, 0.5) is 8.78 Å². The van der Waals surface area contributed by atoms with Gasteiger partial charge in [-0.05, 0) is 0 Å². The molecule has 11 heavy (non-hydrogen) atoms. The van der Waals surface area contributed by atoms with E-state index in [4.69, 9.17) is 0 Å². The van der Waals surface area contributed by atoms with Crippen LogP contribution < -0.4 is 0 Å². The minimum atomic E-state index is -0.699. The fourth-order valence-electron chi connectivity index (χ4n) is 0.642. The van der Waals surface area contributed by atoms with Gasteiger partial charge < -0.3 is 0 Å². The topological polar surface area (TPSA) is 25.2 Å². The second kappa shape index (κ2) is 3.18. The van der Waals surface area contributed by atoms with Gasteiger partial charge >= 0.3 is 0 Å². The summed E-state index contributed by atoms with van der Waals surface area (Å²) in [6.45, 7) is 0. The maximum atomic E-state index is 12.6. The molecule has 0 aromatic carbocycles. The molecule has 0 radical (unpaired) electrons. The SMILES string of the molecule is CN=Cc1ncc(F)cc1F. The minimum absolute atomic E-state index is 0.0499. The van der Waals surface area contributed by atoms with Crippen LogP contribution in [0.5, 0.6) is 0 Å². The lowest BCUT2D eigenvalue weighted by Crippen LogP contribution is -1.93. The Hall–Kier alpha value is -1.32. The lowest BCUT2D eigenvalue weighted by molar-refractivity contribution is 0.571. The first-order chi connectivity index (χ1) is 5.24. The van der Waals surface area contributed by atoms with Crippen molar-refractivity contribution in [2.45, 2.75) is 0 Å². The highest BCUT2D eigenvalue weighted by Crippen LogP contribution is 2.02. The van der Waals surface area contributed by atoms with Gasteiger partial charge in [0.25, 0.3) is 0 Å². The summed E-state index contributed by atoms with van der Waals surface area (Å²) >= 11 is 0. The van der Waals surface area contributed by atoms with E-state index in [2.05, 4.69) is 9.98 Å². The van der Waals surface area contributed by atoms with Crippen LogP contribution >= 0.6 is 0 Å². The van der Waals surface area contributed by atoms with Crippen molar-refractivity contribution in [2.75, 3.05) is 7.05 Å². The Kier molecular flexibility index (Phi) is 2.25. The van der Waals surface area contributed by atoms with Crippen LogP contribution in [0.15, 0.2) is 17.3 Å². The highest BCUT2D eigenvalue weighted by Gasteiger charge is 2.00. The number of pyridine rings is 1. The summed E-state index contributed by atoms with van der Waals surface area (Å²) in [4.78, 5) is 7.01. The molecule has 0 saturated carbocycles. The number of rotatable bonds is 1. The molecule has 1 aromatic rings. The van der Waals surface area contributed by atoms with E-state index >= 15 is 0 Å². The van der Waals surface area contributed by atoms with Gasteiger partial charge in [-0.1, -0.05) is 0 Å². The molecule has 0 saturated heterocycles. The quantitative estimate of drug-likeness (QED) is 0.564. The van der Waals surface area contributed by atoms with Crippen molar-refractivity contribution in [3.63, 3.8) is 0 Å². The van der Waals surface area contributed by atoms with Gasteiger partial charge in [0.1, 0.15) is 11.5 Å². The van der Waals surface area contributed by atoms with Crippen molar-refractivity contribution >= 4 is 6.21 Å². The van der Waals surface area contributed by atoms with Crippen LogP contribution in [-0.4, -0.2) is 18.2 Å². The maximum absolute atomic E-state index is 12.6. The molecule has 0 amide bonds. The molecular weight excluding hydrogens is 150 g/mol. The lowest BCUT2D eigenvalue weighted by atomic mass is 10.3. The van der Waals surface area contributed by atoms with Gasteiger partial charge in [-0.25, -0.2) is 13.8 Å². The van der Waals surface area contributed by atoms with Crippen LogP contribution in [0, 0.1) is 11.6 Å². The van der Waals surface area contributed by atoms with Crippen molar-refractivity contribution in [3.05, 3.63) is 29.6 Å². The third-order valence-electron chi connectivity index (χ3n) is 1.09. The second-order valence-electron chi connectivity index (χ2n) is 1.91. The third kappa shape index (κ3) is 1.80. The third-order valence-corrected chi connectivity index (χ3v) is 1.09. The number of nitrogens with zero attached hydrogens (tertiary/aromatic N) is 2. The van der Waals surface area contributed by atoms with Crippen molar-refractivity contribution in [1.82, 2.24) is 4.98 Å². The van der Waals surface area contributed by atoms with Crippen molar-refractivity contribution in [1.29, 1.82) is 0 Å². The Morgan fingerprint density at radius 3 is 2.82 bits per heavy atom. The smallest absolute Gasteiger partial charge is 0.153 e. The van der Waals surface area contributed by atoms with Crippen LogP contribution in [-0.2, 0) is 0 Å². The molecule has 1 aromatic heterocycles. The predicted octanol–water partition coefficient (Wildman–Crippen LogP) is 1.41. The van der Waals surface area contributed by atoms with Crippen LogP contribution in [0.2, 0.25) is 0 Å². The highest BCUT2D eigenvalue weighted by molar-refractivity contribution is 5.76. The molecule has 0 atom stereocenters. The van der Waals surface area contributed by atoms with E-state index in [0.29, 0.717) is 0 Å². The molecule has 0 unspecified atom stereocenters. The van der Waals surface area contributed by atoms with E-state index < -0.39 is 11.6 Å². The molecule has 1 heterocycles. The molecule has 0 spiro atoms. The fraction of sp³-hybridized carbons (Fsp3) is 0.143. The normalized spacial score (nSPS) is 10.8. The Labute approximate surface area is 62.6 Å². The van der Waals surface area contributed by atoms with Crippen molar-refractivity contribution in [2.24, 2.45) is 4.99 Å². The van der Waals surface area contributed by atoms with E-state index in [1.165, 1.54) is 13.3 Å². The van der Waals surface area contributed by atoms with E-state index in [9.17, 15) is 8.78 Å². The first-order valence-electron chi connectivity index (χ1n) is 2.97. The zero-order valence-electron chi connectivity index (χ0n) is 5.88. The fourth-order valence-corrected chi connectivity index (χ4v) is 0.642. The number of aromatic nitrogens is 1. The van der Waals surface area contributed by atoms with Gasteiger partial charge in [-0.3, -0.25) is 4.99 Å². The average Bonchev–Trinajstić information content (AvgIpc) is 1.95. The minimum Gasteiger partial charge on any atom is -0.294 e. The molecule has 4 heteroatoms. The Morgan fingerprint density at radius 2 is 2.27 bits per heavy atom. The first-order valence-corrected chi connectivity index (χ1v) is 2.97. The maximum Gasteiger partial charge on any atom is 0.153 e. The molecule has 1 rings (SSSR count). The summed E-state index contributed by atoms with van der Waals surface area (Å²) in [6.07, 6.45) is 2.18. The number of aliphatic imine (C=N–C) groups is 1. The van der Waals surface area contributed by atoms with E-state index in [0.717, 1.165) is 12.3 Å². The largest absolute Gasteiger partial charge is 0.294 e. The Bertz CT molecular complexity index is 284. The van der Waals surface area contributed by atoms with Gasteiger partial charge in [0.2, 0.25) is 0 Å². The molecule has 0 bridgehead atoms. The molecule has 0 aliphatic heterocycles. The zero-order valence-corrected chi connectivity index (χ0v) is 5.88. The van der Waals surface area contributed by atoms with E-state index in [-0.39, 0.29) is 5.69 Å². The summed E-state index contributed by atoms with van der Waals surface area (Å²) in [5.41, 5.74) is 0.0499. The number of halogens is 2. The van der Waals surface area contributed by atoms with E-state index in [1.54, 1.807) is 0 Å². The molecule has 0 fully saturated rings. The summed E-state index contributed by atoms with van der Waals surface area (Å²) in [6, 6.07) is 0.768. The lowest BCUT2D eigenvalue weighted by Gasteiger charge is -1.93. The monoisotopic (exact) mass is 156 g/mol. The Balaban J connectivity index is 3.09. The average molecular weight is 156 g/mol. The first kappa shape index (κ1) is 7.78. The van der Waals surface area contributed by atoms with Gasteiger partial charge in [-0.2, -0.15) is 0 Å². The molecule has 0 N–H and O–H groups in total. The second-order valence-corrected chi connectivity index (χ2v) is 1.91. The van der Waals surface area contributed by atoms with Crippen LogP contribution in [0.1, 0.15) is 5.69 Å². The molecule has 0 aliphatic rings. The summed E-state index contributed by atoms with van der Waals surface area (Å²) in [7, 11) is 1.49. The molecule has 58 valence electrons. The van der Waals surface area contributed by atoms with Crippen LogP contribution in [0.25, 0.3) is 0 Å². The highest BCUT2D eigenvalue weighted by atomic mass is 19.1. The van der Waals surface area contributed by atoms with Gasteiger partial charge in [0.05, 0.1) is 6.20 Å². The van der Waals surface area contributed by atoms with Crippen molar-refractivity contribution in [3.8, 4) is 0 Å². The predicted molar refractivity (Wildman–Crippen MR) is 37.7 cm³/mol.